The average Bonchev–Trinajstić information content (AvgIpc) is 3.71. The van der Waals surface area contributed by atoms with Crippen LogP contribution in [0.3, 0.4) is 0 Å². The molecule has 0 radical (unpaired) electrons. The maximum atomic E-state index is 5.34. The van der Waals surface area contributed by atoms with Crippen molar-refractivity contribution in [1.82, 2.24) is 19.1 Å². The zero-order chi connectivity index (χ0) is 33.0. The highest BCUT2D eigenvalue weighted by molar-refractivity contribution is 6.17. The van der Waals surface area contributed by atoms with E-state index in [0.717, 1.165) is 72.4 Å². The molecule has 0 spiro atoms. The monoisotopic (exact) mass is 638 g/mol. The summed E-state index contributed by atoms with van der Waals surface area (Å²) in [6.45, 7) is 0. The van der Waals surface area contributed by atoms with Gasteiger partial charge in [-0.2, -0.15) is 0 Å². The lowest BCUT2D eigenvalue weighted by molar-refractivity contribution is 1.08. The van der Waals surface area contributed by atoms with Crippen molar-refractivity contribution in [2.45, 2.75) is 0 Å². The molecule has 0 fully saturated rings. The maximum absolute atomic E-state index is 5.34. The van der Waals surface area contributed by atoms with Crippen LogP contribution in [0.15, 0.2) is 182 Å². The van der Waals surface area contributed by atoms with Gasteiger partial charge in [-0.15, -0.1) is 0 Å². The second-order valence-corrected chi connectivity index (χ2v) is 12.7. The first-order valence-electron chi connectivity index (χ1n) is 16.9. The Morgan fingerprint density at radius 3 is 1.92 bits per heavy atom. The highest BCUT2D eigenvalue weighted by atomic mass is 15.1. The molecule has 0 saturated carbocycles. The van der Waals surface area contributed by atoms with Crippen LogP contribution in [-0.4, -0.2) is 19.1 Å². The van der Waals surface area contributed by atoms with Crippen LogP contribution < -0.4 is 0 Å². The van der Waals surface area contributed by atoms with Crippen molar-refractivity contribution in [1.29, 1.82) is 0 Å². The van der Waals surface area contributed by atoms with Crippen LogP contribution in [0.2, 0.25) is 0 Å². The fourth-order valence-electron chi connectivity index (χ4n) is 7.55. The molecule has 10 rings (SSSR count). The molecule has 0 N–H and O–H groups in total. The number of para-hydroxylation sites is 2. The Balaban J connectivity index is 1.24. The number of hydrogen-bond donors (Lipinski definition) is 0. The lowest BCUT2D eigenvalue weighted by atomic mass is 9.98. The molecule has 4 nitrogen and oxygen atoms in total. The first kappa shape index (κ1) is 28.3. The molecule has 0 aliphatic rings. The quantitative estimate of drug-likeness (QED) is 0.188. The number of pyridine rings is 2. The summed E-state index contributed by atoms with van der Waals surface area (Å²) in [4.78, 5) is 10.1. The van der Waals surface area contributed by atoms with E-state index in [9.17, 15) is 0 Å². The van der Waals surface area contributed by atoms with Crippen LogP contribution in [0.25, 0.3) is 88.8 Å². The Kier molecular flexibility index (Phi) is 6.46. The van der Waals surface area contributed by atoms with Crippen molar-refractivity contribution in [2.24, 2.45) is 0 Å². The summed E-state index contributed by atoms with van der Waals surface area (Å²) in [5.41, 5.74) is 13.2. The number of rotatable bonds is 5. The third kappa shape index (κ3) is 4.46. The van der Waals surface area contributed by atoms with E-state index in [4.69, 9.17) is 9.97 Å². The summed E-state index contributed by atoms with van der Waals surface area (Å²) in [6.07, 6.45) is 1.88. The largest absolute Gasteiger partial charge is 0.308 e. The molecule has 0 unspecified atom stereocenters. The van der Waals surface area contributed by atoms with Gasteiger partial charge in [0, 0.05) is 33.6 Å². The standard InChI is InChI=1S/C46H30N4/c1-4-14-31(15-5-1)34-28-39(32-16-6-2-7-17-32)48-44(30-34)50-40-22-11-10-20-37(40)45-36(21-12-23-41(45)50)33-25-26-38-43(29-33)49(35-18-8-3-9-19-35)42-24-13-27-47-46(38)42/h1-30H. The highest BCUT2D eigenvalue weighted by Gasteiger charge is 2.20. The second-order valence-electron chi connectivity index (χ2n) is 12.7. The van der Waals surface area contributed by atoms with Gasteiger partial charge in [0.2, 0.25) is 0 Å². The Bertz CT molecular complexity index is 2790. The third-order valence-electron chi connectivity index (χ3n) is 9.76. The topological polar surface area (TPSA) is 35.6 Å². The maximum Gasteiger partial charge on any atom is 0.138 e. The van der Waals surface area contributed by atoms with Gasteiger partial charge in [0.25, 0.3) is 0 Å². The molecule has 234 valence electrons. The number of aromatic nitrogens is 4. The van der Waals surface area contributed by atoms with E-state index in [-0.39, 0.29) is 0 Å². The molecule has 10 aromatic rings. The first-order chi connectivity index (χ1) is 24.8. The molecule has 4 heteroatoms. The van der Waals surface area contributed by atoms with Crippen LogP contribution >= 0.6 is 0 Å². The lowest BCUT2D eigenvalue weighted by Gasteiger charge is -2.13. The third-order valence-corrected chi connectivity index (χ3v) is 9.76. The summed E-state index contributed by atoms with van der Waals surface area (Å²) >= 11 is 0. The molecular formula is C46H30N4. The molecule has 0 aliphatic carbocycles. The van der Waals surface area contributed by atoms with Gasteiger partial charge >= 0.3 is 0 Å². The number of hydrogen-bond acceptors (Lipinski definition) is 2. The van der Waals surface area contributed by atoms with Crippen molar-refractivity contribution in [3.8, 4) is 45.0 Å². The minimum absolute atomic E-state index is 0.888. The van der Waals surface area contributed by atoms with E-state index in [1.807, 2.05) is 18.3 Å². The Morgan fingerprint density at radius 2 is 1.10 bits per heavy atom. The molecule has 0 bridgehead atoms. The van der Waals surface area contributed by atoms with E-state index in [0.29, 0.717) is 0 Å². The first-order valence-corrected chi connectivity index (χ1v) is 16.9. The van der Waals surface area contributed by atoms with Gasteiger partial charge in [-0.05, 0) is 82.9 Å². The van der Waals surface area contributed by atoms with Crippen LogP contribution in [-0.2, 0) is 0 Å². The van der Waals surface area contributed by atoms with Crippen LogP contribution in [0, 0.1) is 0 Å². The summed E-state index contributed by atoms with van der Waals surface area (Å²) in [7, 11) is 0. The predicted molar refractivity (Wildman–Crippen MR) is 207 cm³/mol. The summed E-state index contributed by atoms with van der Waals surface area (Å²) in [5, 5.41) is 3.53. The molecule has 0 amide bonds. The Hall–Kier alpha value is -6.78. The fourth-order valence-corrected chi connectivity index (χ4v) is 7.55. The van der Waals surface area contributed by atoms with Crippen molar-refractivity contribution >= 4 is 43.7 Å². The molecule has 4 heterocycles. The minimum atomic E-state index is 0.888. The van der Waals surface area contributed by atoms with Crippen LogP contribution in [0.5, 0.6) is 0 Å². The van der Waals surface area contributed by atoms with E-state index >= 15 is 0 Å². The van der Waals surface area contributed by atoms with Gasteiger partial charge in [-0.25, -0.2) is 4.98 Å². The van der Waals surface area contributed by atoms with E-state index in [2.05, 4.69) is 173 Å². The van der Waals surface area contributed by atoms with Crippen molar-refractivity contribution in [2.75, 3.05) is 0 Å². The van der Waals surface area contributed by atoms with Gasteiger partial charge < -0.3 is 4.57 Å². The molecule has 0 aliphatic heterocycles. The van der Waals surface area contributed by atoms with Gasteiger partial charge in [0.15, 0.2) is 0 Å². The SMILES string of the molecule is c1ccc(-c2cc(-c3ccccc3)nc(-n3c4ccccc4c4c(-c5ccc6c7ncccc7n(-c7ccccc7)c6c5)cccc43)c2)cc1. The Morgan fingerprint density at radius 1 is 0.400 bits per heavy atom. The minimum Gasteiger partial charge on any atom is -0.308 e. The second kappa shape index (κ2) is 11.4. The highest BCUT2D eigenvalue weighted by Crippen LogP contribution is 2.41. The fraction of sp³-hybridized carbons (Fsp3) is 0. The molecular weight excluding hydrogens is 609 g/mol. The molecule has 0 atom stereocenters. The lowest BCUT2D eigenvalue weighted by Crippen LogP contribution is -2.00. The zero-order valence-corrected chi connectivity index (χ0v) is 27.1. The van der Waals surface area contributed by atoms with Crippen molar-refractivity contribution in [3.63, 3.8) is 0 Å². The zero-order valence-electron chi connectivity index (χ0n) is 27.1. The summed E-state index contributed by atoms with van der Waals surface area (Å²) in [6, 6.07) is 62.3. The molecule has 0 saturated heterocycles. The van der Waals surface area contributed by atoms with Gasteiger partial charge in [0.1, 0.15) is 5.82 Å². The molecule has 4 aromatic heterocycles. The van der Waals surface area contributed by atoms with Gasteiger partial charge in [-0.3, -0.25) is 9.55 Å². The van der Waals surface area contributed by atoms with E-state index < -0.39 is 0 Å². The van der Waals surface area contributed by atoms with Crippen molar-refractivity contribution in [3.05, 3.63) is 182 Å². The average molecular weight is 639 g/mol. The normalized spacial score (nSPS) is 11.6. The summed E-state index contributed by atoms with van der Waals surface area (Å²) in [5.74, 6) is 0.888. The van der Waals surface area contributed by atoms with E-state index in [1.165, 1.54) is 16.3 Å². The van der Waals surface area contributed by atoms with Crippen LogP contribution in [0.4, 0.5) is 0 Å². The van der Waals surface area contributed by atoms with E-state index in [1.54, 1.807) is 0 Å². The smallest absolute Gasteiger partial charge is 0.138 e. The van der Waals surface area contributed by atoms with Crippen LogP contribution in [0.1, 0.15) is 0 Å². The molecule has 6 aromatic carbocycles. The van der Waals surface area contributed by atoms with Gasteiger partial charge in [0.05, 0.1) is 33.3 Å². The van der Waals surface area contributed by atoms with Gasteiger partial charge in [-0.1, -0.05) is 115 Å². The number of nitrogens with zero attached hydrogens (tertiary/aromatic N) is 4. The summed E-state index contributed by atoms with van der Waals surface area (Å²) < 4.78 is 4.66. The van der Waals surface area contributed by atoms with Crippen molar-refractivity contribution < 1.29 is 0 Å². The number of benzene rings is 6. The predicted octanol–water partition coefficient (Wildman–Crippen LogP) is 11.7. The Labute approximate surface area is 289 Å². The molecule has 50 heavy (non-hydrogen) atoms. The number of fused-ring (bicyclic) bond motifs is 6.